The molecule has 1 N–H and O–H groups in total. The number of hydrogen-bond donors (Lipinski definition) is 1. The van der Waals surface area contributed by atoms with Crippen molar-refractivity contribution in [3.63, 3.8) is 0 Å². The van der Waals surface area contributed by atoms with Crippen LogP contribution in [0.5, 0.6) is 0 Å². The van der Waals surface area contributed by atoms with Crippen molar-refractivity contribution in [3.8, 4) is 0 Å². The first-order valence-corrected chi connectivity index (χ1v) is 4.26. The van der Waals surface area contributed by atoms with Gasteiger partial charge in [-0.25, -0.2) is 0 Å². The van der Waals surface area contributed by atoms with E-state index < -0.39 is 5.79 Å². The minimum absolute atomic E-state index is 0.0706. The molecule has 1 heterocycles. The Morgan fingerprint density at radius 2 is 2.00 bits per heavy atom. The van der Waals surface area contributed by atoms with Crippen LogP contribution in [0.2, 0.25) is 0 Å². The van der Waals surface area contributed by atoms with E-state index in [-0.39, 0.29) is 5.76 Å². The summed E-state index contributed by atoms with van der Waals surface area (Å²) in [4.78, 5) is 0. The Bertz CT molecular complexity index is 214. The molecule has 0 amide bonds. The smallest absolute Gasteiger partial charge is 0.254 e. The van der Waals surface area contributed by atoms with Crippen LogP contribution in [0.3, 0.4) is 0 Å². The molecule has 0 aromatic carbocycles. The van der Waals surface area contributed by atoms with Crippen molar-refractivity contribution in [1.29, 1.82) is 0 Å². The normalized spacial score (nSPS) is 19.4. The van der Waals surface area contributed by atoms with Gasteiger partial charge < -0.3 is 19.3 Å². The minimum Gasteiger partial charge on any atom is -0.504 e. The van der Waals surface area contributed by atoms with Crippen LogP contribution in [0.25, 0.3) is 0 Å². The van der Waals surface area contributed by atoms with Crippen LogP contribution in [0, 0.1) is 0 Å². The second kappa shape index (κ2) is 4.30. The fourth-order valence-corrected chi connectivity index (χ4v) is 1.11. The predicted octanol–water partition coefficient (Wildman–Crippen LogP) is 1.70. The molecule has 0 spiro atoms. The summed E-state index contributed by atoms with van der Waals surface area (Å²) in [5, 5.41) is 9.52. The van der Waals surface area contributed by atoms with Gasteiger partial charge in [-0.05, 0) is 13.8 Å². The topological polar surface area (TPSA) is 47.9 Å². The average Bonchev–Trinajstić information content (AvgIpc) is 2.11. The first kappa shape index (κ1) is 10.1. The highest BCUT2D eigenvalue weighted by atomic mass is 16.7. The zero-order chi connectivity index (χ0) is 9.73. The molecule has 0 unspecified atom stereocenters. The van der Waals surface area contributed by atoms with Gasteiger partial charge in [0.1, 0.15) is 6.26 Å². The molecule has 1 rings (SSSR count). The van der Waals surface area contributed by atoms with Crippen molar-refractivity contribution in [2.24, 2.45) is 0 Å². The van der Waals surface area contributed by atoms with Crippen LogP contribution in [-0.2, 0) is 14.2 Å². The van der Waals surface area contributed by atoms with Gasteiger partial charge in [0.15, 0.2) is 5.76 Å². The van der Waals surface area contributed by atoms with Crippen LogP contribution in [0.1, 0.15) is 13.8 Å². The van der Waals surface area contributed by atoms with Gasteiger partial charge in [-0.1, -0.05) is 0 Å². The molecule has 1 aliphatic rings. The summed E-state index contributed by atoms with van der Waals surface area (Å²) in [6, 6.07) is 0. The summed E-state index contributed by atoms with van der Waals surface area (Å²) in [5.74, 6) is -1.22. The zero-order valence-corrected chi connectivity index (χ0v) is 7.82. The van der Waals surface area contributed by atoms with E-state index >= 15 is 0 Å². The monoisotopic (exact) mass is 186 g/mol. The van der Waals surface area contributed by atoms with E-state index in [1.807, 2.05) is 13.8 Å². The average molecular weight is 186 g/mol. The Morgan fingerprint density at radius 3 is 2.46 bits per heavy atom. The molecule has 0 aromatic rings. The van der Waals surface area contributed by atoms with Gasteiger partial charge in [-0.2, -0.15) is 0 Å². The van der Waals surface area contributed by atoms with Crippen molar-refractivity contribution in [2.75, 3.05) is 13.2 Å². The van der Waals surface area contributed by atoms with Crippen LogP contribution in [0.4, 0.5) is 0 Å². The third-order valence-corrected chi connectivity index (χ3v) is 1.62. The standard InChI is InChI=1S/C9H14O4/c1-3-12-9(13-4-2)5-6-11-7-8(9)10/h5-7,10H,3-4H2,1-2H3. The first-order chi connectivity index (χ1) is 6.25. The maximum Gasteiger partial charge on any atom is 0.254 e. The number of aliphatic hydroxyl groups is 1. The third-order valence-electron chi connectivity index (χ3n) is 1.62. The molecule has 0 fully saturated rings. The lowest BCUT2D eigenvalue weighted by atomic mass is 10.2. The minimum atomic E-state index is -1.15. The Balaban J connectivity index is 2.80. The molecule has 1 aliphatic heterocycles. The maximum atomic E-state index is 9.52. The van der Waals surface area contributed by atoms with Gasteiger partial charge in [-0.15, -0.1) is 0 Å². The second-order valence-electron chi connectivity index (χ2n) is 2.48. The summed E-state index contributed by atoms with van der Waals surface area (Å²) in [6.45, 7) is 4.55. The highest BCUT2D eigenvalue weighted by Gasteiger charge is 2.36. The van der Waals surface area contributed by atoms with Crippen LogP contribution < -0.4 is 0 Å². The van der Waals surface area contributed by atoms with E-state index in [2.05, 4.69) is 0 Å². The van der Waals surface area contributed by atoms with Crippen LogP contribution in [-0.4, -0.2) is 24.1 Å². The Morgan fingerprint density at radius 1 is 1.38 bits per heavy atom. The highest BCUT2D eigenvalue weighted by molar-refractivity contribution is 5.16. The van der Waals surface area contributed by atoms with E-state index in [0.29, 0.717) is 13.2 Å². The largest absolute Gasteiger partial charge is 0.504 e. The van der Waals surface area contributed by atoms with Crippen molar-refractivity contribution in [2.45, 2.75) is 19.6 Å². The molecular weight excluding hydrogens is 172 g/mol. The van der Waals surface area contributed by atoms with Gasteiger partial charge in [-0.3, -0.25) is 0 Å². The SMILES string of the molecule is CCOC1(OCC)C=COC=C1O. The van der Waals surface area contributed by atoms with Crippen molar-refractivity contribution < 1.29 is 19.3 Å². The highest BCUT2D eigenvalue weighted by Crippen LogP contribution is 2.26. The van der Waals surface area contributed by atoms with Crippen molar-refractivity contribution in [3.05, 3.63) is 24.4 Å². The van der Waals surface area contributed by atoms with E-state index in [1.54, 1.807) is 0 Å². The molecule has 13 heavy (non-hydrogen) atoms. The summed E-state index contributed by atoms with van der Waals surface area (Å²) in [6.07, 6.45) is 4.16. The first-order valence-electron chi connectivity index (χ1n) is 4.26. The van der Waals surface area contributed by atoms with Crippen LogP contribution in [0.15, 0.2) is 24.4 Å². The summed E-state index contributed by atoms with van der Waals surface area (Å²) in [7, 11) is 0. The lowest BCUT2D eigenvalue weighted by molar-refractivity contribution is -0.195. The lowest BCUT2D eigenvalue weighted by Crippen LogP contribution is -2.37. The van der Waals surface area contributed by atoms with E-state index in [9.17, 15) is 5.11 Å². The second-order valence-corrected chi connectivity index (χ2v) is 2.48. The van der Waals surface area contributed by atoms with Gasteiger partial charge in [0.05, 0.1) is 6.26 Å². The van der Waals surface area contributed by atoms with Gasteiger partial charge >= 0.3 is 0 Å². The molecule has 74 valence electrons. The molecule has 0 atom stereocenters. The van der Waals surface area contributed by atoms with Gasteiger partial charge in [0.25, 0.3) is 5.79 Å². The summed E-state index contributed by atoms with van der Waals surface area (Å²) in [5.41, 5.74) is 0. The molecule has 4 heteroatoms. The number of rotatable bonds is 4. The van der Waals surface area contributed by atoms with Gasteiger partial charge in [0.2, 0.25) is 0 Å². The summed E-state index contributed by atoms with van der Waals surface area (Å²) < 4.78 is 15.4. The van der Waals surface area contributed by atoms with Crippen molar-refractivity contribution in [1.82, 2.24) is 0 Å². The zero-order valence-electron chi connectivity index (χ0n) is 7.82. The number of hydrogen-bond acceptors (Lipinski definition) is 4. The Hall–Kier alpha value is -1.00. The fourth-order valence-electron chi connectivity index (χ4n) is 1.11. The lowest BCUT2D eigenvalue weighted by Gasteiger charge is -2.30. The van der Waals surface area contributed by atoms with E-state index in [4.69, 9.17) is 14.2 Å². The quantitative estimate of drug-likeness (QED) is 0.679. The maximum absolute atomic E-state index is 9.52. The molecular formula is C9H14O4. The fraction of sp³-hybridized carbons (Fsp3) is 0.556. The van der Waals surface area contributed by atoms with Gasteiger partial charge in [0, 0.05) is 19.3 Å². The number of ether oxygens (including phenoxy) is 3. The van der Waals surface area contributed by atoms with E-state index in [1.165, 1.54) is 18.6 Å². The Labute approximate surface area is 77.4 Å². The molecule has 0 saturated carbocycles. The molecule has 0 bridgehead atoms. The van der Waals surface area contributed by atoms with Crippen LogP contribution >= 0.6 is 0 Å². The van der Waals surface area contributed by atoms with Crippen molar-refractivity contribution >= 4 is 0 Å². The third kappa shape index (κ3) is 2.02. The molecule has 0 aromatic heterocycles. The predicted molar refractivity (Wildman–Crippen MR) is 46.9 cm³/mol. The molecule has 0 radical (unpaired) electrons. The van der Waals surface area contributed by atoms with E-state index in [0.717, 1.165) is 0 Å². The number of aliphatic hydroxyl groups excluding tert-OH is 1. The summed E-state index contributed by atoms with van der Waals surface area (Å²) >= 11 is 0. The molecule has 0 saturated heterocycles. The molecule has 4 nitrogen and oxygen atoms in total. The molecule has 0 aliphatic carbocycles. The Kier molecular flexibility index (Phi) is 3.33.